The molecule has 0 saturated carbocycles. The van der Waals surface area contributed by atoms with Crippen LogP contribution in [0.3, 0.4) is 0 Å². The number of nitrogens with zero attached hydrogens (tertiary/aromatic N) is 1. The maximum atomic E-state index is 10.6. The Morgan fingerprint density at radius 1 is 1.28 bits per heavy atom. The van der Waals surface area contributed by atoms with Crippen LogP contribution in [0.2, 0.25) is 0 Å². The number of hydrogen-bond donors (Lipinski definition) is 1. The Balaban J connectivity index is 1.93. The average molecular weight is 262 g/mol. The van der Waals surface area contributed by atoms with Crippen molar-refractivity contribution in [2.45, 2.75) is 19.5 Å². The minimum atomic E-state index is -0.352. The van der Waals surface area contributed by atoms with E-state index in [4.69, 9.17) is 0 Å². The zero-order valence-electron chi connectivity index (χ0n) is 10.00. The molecule has 0 spiro atoms. The predicted octanol–water partition coefficient (Wildman–Crippen LogP) is 3.51. The van der Waals surface area contributed by atoms with E-state index in [9.17, 15) is 10.1 Å². The third-order valence-electron chi connectivity index (χ3n) is 2.71. The normalized spacial score (nSPS) is 12.3. The number of rotatable bonds is 5. The summed E-state index contributed by atoms with van der Waals surface area (Å²) < 4.78 is 0. The van der Waals surface area contributed by atoms with Gasteiger partial charge in [-0.2, -0.15) is 0 Å². The van der Waals surface area contributed by atoms with Gasteiger partial charge in [0.2, 0.25) is 0 Å². The number of nitro groups is 1. The number of thiophene rings is 1. The lowest BCUT2D eigenvalue weighted by Gasteiger charge is -2.13. The molecular formula is C13H14N2O2S. The smallest absolute Gasteiger partial charge is 0.305 e. The molecule has 18 heavy (non-hydrogen) atoms. The lowest BCUT2D eigenvalue weighted by molar-refractivity contribution is -0.380. The van der Waals surface area contributed by atoms with Crippen molar-refractivity contribution in [2.75, 3.05) is 0 Å². The lowest BCUT2D eigenvalue weighted by Crippen LogP contribution is -2.17. The summed E-state index contributed by atoms with van der Waals surface area (Å²) in [6.45, 7) is 2.73. The van der Waals surface area contributed by atoms with Gasteiger partial charge in [0.1, 0.15) is 0 Å². The molecule has 2 aromatic rings. The summed E-state index contributed by atoms with van der Waals surface area (Å²) >= 11 is 1.22. The minimum Gasteiger partial charge on any atom is -0.305 e. The molecule has 0 aliphatic heterocycles. The molecule has 0 bridgehead atoms. The largest absolute Gasteiger partial charge is 0.324 e. The minimum absolute atomic E-state index is 0.194. The van der Waals surface area contributed by atoms with Gasteiger partial charge < -0.3 is 5.32 Å². The van der Waals surface area contributed by atoms with Gasteiger partial charge in [0.25, 0.3) is 0 Å². The molecule has 0 amide bonds. The Morgan fingerprint density at radius 2 is 2.00 bits per heavy atom. The summed E-state index contributed by atoms with van der Waals surface area (Å²) in [7, 11) is 0. The maximum Gasteiger partial charge on any atom is 0.324 e. The molecule has 1 heterocycles. The molecule has 94 valence electrons. The quantitative estimate of drug-likeness (QED) is 0.662. The van der Waals surface area contributed by atoms with Crippen LogP contribution >= 0.6 is 11.3 Å². The fourth-order valence-electron chi connectivity index (χ4n) is 1.67. The first-order valence-electron chi connectivity index (χ1n) is 5.68. The molecule has 1 aromatic heterocycles. The molecule has 1 atom stereocenters. The topological polar surface area (TPSA) is 55.2 Å². The Hall–Kier alpha value is -1.72. The van der Waals surface area contributed by atoms with E-state index in [1.165, 1.54) is 16.9 Å². The zero-order chi connectivity index (χ0) is 13.0. The first-order chi connectivity index (χ1) is 8.66. The van der Waals surface area contributed by atoms with E-state index in [1.54, 1.807) is 12.1 Å². The first kappa shape index (κ1) is 12.7. The molecule has 1 unspecified atom stereocenters. The van der Waals surface area contributed by atoms with Gasteiger partial charge >= 0.3 is 5.00 Å². The highest BCUT2D eigenvalue weighted by molar-refractivity contribution is 7.15. The van der Waals surface area contributed by atoms with Gasteiger partial charge in [0.05, 0.1) is 4.92 Å². The van der Waals surface area contributed by atoms with Crippen molar-refractivity contribution in [1.82, 2.24) is 5.32 Å². The van der Waals surface area contributed by atoms with E-state index in [1.807, 2.05) is 18.2 Å². The van der Waals surface area contributed by atoms with Crippen LogP contribution in [0.15, 0.2) is 42.5 Å². The highest BCUT2D eigenvalue weighted by Gasteiger charge is 2.10. The van der Waals surface area contributed by atoms with Crippen LogP contribution in [-0.4, -0.2) is 4.92 Å². The Morgan fingerprint density at radius 3 is 2.61 bits per heavy atom. The van der Waals surface area contributed by atoms with Crippen molar-refractivity contribution < 1.29 is 4.92 Å². The van der Waals surface area contributed by atoms with E-state index in [-0.39, 0.29) is 16.0 Å². The van der Waals surface area contributed by atoms with Gasteiger partial charge in [-0.25, -0.2) is 0 Å². The zero-order valence-corrected chi connectivity index (χ0v) is 10.8. The fraction of sp³-hybridized carbons (Fsp3) is 0.231. The van der Waals surface area contributed by atoms with Gasteiger partial charge in [0.15, 0.2) is 0 Å². The molecule has 2 rings (SSSR count). The molecule has 1 N–H and O–H groups in total. The molecule has 0 radical (unpaired) electrons. The number of nitrogens with one attached hydrogen (secondary N) is 1. The van der Waals surface area contributed by atoms with Crippen LogP contribution in [-0.2, 0) is 6.54 Å². The van der Waals surface area contributed by atoms with E-state index >= 15 is 0 Å². The van der Waals surface area contributed by atoms with E-state index in [0.29, 0.717) is 6.54 Å². The predicted molar refractivity (Wildman–Crippen MR) is 72.7 cm³/mol. The SMILES string of the molecule is CC(NCc1ccc([N+](=O)[O-])s1)c1ccccc1. The second kappa shape index (κ2) is 5.75. The third-order valence-corrected chi connectivity index (χ3v) is 3.75. The van der Waals surface area contributed by atoms with Gasteiger partial charge in [-0.1, -0.05) is 41.7 Å². The van der Waals surface area contributed by atoms with Crippen LogP contribution in [0, 0.1) is 10.1 Å². The Bertz CT molecular complexity index is 525. The van der Waals surface area contributed by atoms with Crippen molar-refractivity contribution >= 4 is 16.3 Å². The van der Waals surface area contributed by atoms with Crippen LogP contribution < -0.4 is 5.32 Å². The summed E-state index contributed by atoms with van der Waals surface area (Å²) in [5.74, 6) is 0. The third kappa shape index (κ3) is 3.15. The van der Waals surface area contributed by atoms with E-state index < -0.39 is 0 Å². The van der Waals surface area contributed by atoms with Crippen molar-refractivity contribution in [2.24, 2.45) is 0 Å². The van der Waals surface area contributed by atoms with Crippen molar-refractivity contribution in [1.29, 1.82) is 0 Å². The van der Waals surface area contributed by atoms with Gasteiger partial charge in [0, 0.05) is 23.5 Å². The van der Waals surface area contributed by atoms with Crippen molar-refractivity contribution in [3.05, 3.63) is 63.0 Å². The standard InChI is InChI=1S/C13H14N2O2S/c1-10(11-5-3-2-4-6-11)14-9-12-7-8-13(18-12)15(16)17/h2-8,10,14H,9H2,1H3. The van der Waals surface area contributed by atoms with E-state index in [2.05, 4.69) is 24.4 Å². The lowest BCUT2D eigenvalue weighted by atomic mass is 10.1. The molecule has 5 heteroatoms. The average Bonchev–Trinajstić information content (AvgIpc) is 2.86. The maximum absolute atomic E-state index is 10.6. The van der Waals surface area contributed by atoms with Gasteiger partial charge in [-0.3, -0.25) is 10.1 Å². The van der Waals surface area contributed by atoms with Gasteiger partial charge in [-0.15, -0.1) is 0 Å². The van der Waals surface area contributed by atoms with E-state index in [0.717, 1.165) is 4.88 Å². The highest BCUT2D eigenvalue weighted by atomic mass is 32.1. The van der Waals surface area contributed by atoms with Crippen LogP contribution in [0.5, 0.6) is 0 Å². The van der Waals surface area contributed by atoms with Crippen molar-refractivity contribution in [3.8, 4) is 0 Å². The van der Waals surface area contributed by atoms with Crippen LogP contribution in [0.1, 0.15) is 23.4 Å². The highest BCUT2D eigenvalue weighted by Crippen LogP contribution is 2.24. The van der Waals surface area contributed by atoms with Crippen LogP contribution in [0.25, 0.3) is 0 Å². The number of benzene rings is 1. The second-order valence-corrected chi connectivity index (χ2v) is 5.16. The molecule has 0 aliphatic rings. The fourth-order valence-corrected chi connectivity index (χ4v) is 2.44. The second-order valence-electron chi connectivity index (χ2n) is 4.01. The molecular weight excluding hydrogens is 248 g/mol. The summed E-state index contributed by atoms with van der Waals surface area (Å²) in [6.07, 6.45) is 0. The van der Waals surface area contributed by atoms with Crippen molar-refractivity contribution in [3.63, 3.8) is 0 Å². The first-order valence-corrected chi connectivity index (χ1v) is 6.50. The molecule has 4 nitrogen and oxygen atoms in total. The number of hydrogen-bond acceptors (Lipinski definition) is 4. The monoisotopic (exact) mass is 262 g/mol. The summed E-state index contributed by atoms with van der Waals surface area (Å²) in [4.78, 5) is 11.2. The molecule has 1 aromatic carbocycles. The van der Waals surface area contributed by atoms with Crippen LogP contribution in [0.4, 0.5) is 5.00 Å². The molecule has 0 fully saturated rings. The van der Waals surface area contributed by atoms with Gasteiger partial charge in [-0.05, 0) is 18.6 Å². The summed E-state index contributed by atoms with van der Waals surface area (Å²) in [5.41, 5.74) is 1.21. The summed E-state index contributed by atoms with van der Waals surface area (Å²) in [6, 6.07) is 13.7. The molecule has 0 aliphatic carbocycles. The summed E-state index contributed by atoms with van der Waals surface area (Å²) in [5, 5.41) is 14.1. The molecule has 0 saturated heterocycles. The Labute approximate surface area is 109 Å². The Kier molecular flexibility index (Phi) is 4.07.